The molecule has 6 heteroatoms. The number of nitrogens with one attached hydrogen (secondary N) is 1. The predicted molar refractivity (Wildman–Crippen MR) is 142 cm³/mol. The second-order valence-corrected chi connectivity index (χ2v) is 13.7. The summed E-state index contributed by atoms with van der Waals surface area (Å²) in [4.78, 5) is 11.9. The number of rotatable bonds is 10. The SMILES string of the molecule is CC(C)(C)[Si](OCC/C=C(\F)CNC(=O)OCc1ccccc1)(c1ccccc1)c1ccccc1. The summed E-state index contributed by atoms with van der Waals surface area (Å²) >= 11 is 0. The Morgan fingerprint density at radius 2 is 1.40 bits per heavy atom. The van der Waals surface area contributed by atoms with Crippen LogP contribution in [-0.4, -0.2) is 27.6 Å². The van der Waals surface area contributed by atoms with Crippen LogP contribution in [0.25, 0.3) is 0 Å². The van der Waals surface area contributed by atoms with Crippen LogP contribution in [0.3, 0.4) is 0 Å². The van der Waals surface area contributed by atoms with Crippen LogP contribution in [0.5, 0.6) is 0 Å². The van der Waals surface area contributed by atoms with Gasteiger partial charge in [0, 0.05) is 6.61 Å². The molecule has 0 atom stereocenters. The minimum absolute atomic E-state index is 0.137. The van der Waals surface area contributed by atoms with Gasteiger partial charge in [-0.05, 0) is 33.5 Å². The second kappa shape index (κ2) is 12.5. The first-order chi connectivity index (χ1) is 16.8. The van der Waals surface area contributed by atoms with E-state index in [1.54, 1.807) is 0 Å². The van der Waals surface area contributed by atoms with Gasteiger partial charge in [-0.3, -0.25) is 0 Å². The highest BCUT2D eigenvalue weighted by Crippen LogP contribution is 2.36. The van der Waals surface area contributed by atoms with Gasteiger partial charge in [-0.2, -0.15) is 0 Å². The third kappa shape index (κ3) is 7.13. The van der Waals surface area contributed by atoms with Crippen LogP contribution in [-0.2, 0) is 15.8 Å². The molecule has 0 saturated carbocycles. The highest BCUT2D eigenvalue weighted by molar-refractivity contribution is 6.99. The van der Waals surface area contributed by atoms with Crippen molar-refractivity contribution in [1.29, 1.82) is 0 Å². The maximum absolute atomic E-state index is 14.4. The lowest BCUT2D eigenvalue weighted by atomic mass is 10.2. The number of alkyl carbamates (subject to hydrolysis) is 1. The highest BCUT2D eigenvalue weighted by atomic mass is 28.4. The summed E-state index contributed by atoms with van der Waals surface area (Å²) in [6, 6.07) is 30.0. The number of carbonyl (C=O) groups is 1. The molecule has 0 fully saturated rings. The Balaban J connectivity index is 1.60. The Hall–Kier alpha value is -3.22. The Morgan fingerprint density at radius 3 is 1.91 bits per heavy atom. The van der Waals surface area contributed by atoms with E-state index in [1.807, 2.05) is 66.7 Å². The largest absolute Gasteiger partial charge is 0.445 e. The zero-order valence-corrected chi connectivity index (χ0v) is 21.7. The van der Waals surface area contributed by atoms with Crippen LogP contribution in [0.15, 0.2) is 103 Å². The van der Waals surface area contributed by atoms with Gasteiger partial charge in [0.25, 0.3) is 8.32 Å². The number of hydrogen-bond donors (Lipinski definition) is 1. The lowest BCUT2D eigenvalue weighted by Crippen LogP contribution is -2.66. The molecule has 0 aliphatic carbocycles. The zero-order valence-electron chi connectivity index (χ0n) is 20.7. The molecule has 3 aromatic rings. The van der Waals surface area contributed by atoms with E-state index in [0.29, 0.717) is 13.0 Å². The Morgan fingerprint density at radius 1 is 0.886 bits per heavy atom. The Labute approximate surface area is 208 Å². The minimum atomic E-state index is -2.64. The fourth-order valence-corrected chi connectivity index (χ4v) is 8.77. The molecule has 0 unspecified atom stereocenters. The van der Waals surface area contributed by atoms with Crippen LogP contribution >= 0.6 is 0 Å². The van der Waals surface area contributed by atoms with E-state index in [1.165, 1.54) is 16.4 Å². The Bertz CT molecular complexity index is 1040. The van der Waals surface area contributed by atoms with E-state index in [0.717, 1.165) is 5.56 Å². The van der Waals surface area contributed by atoms with Crippen molar-refractivity contribution >= 4 is 24.8 Å². The normalized spacial score (nSPS) is 12.3. The van der Waals surface area contributed by atoms with E-state index >= 15 is 0 Å². The number of hydrogen-bond acceptors (Lipinski definition) is 3. The smallest absolute Gasteiger partial charge is 0.407 e. The van der Waals surface area contributed by atoms with Gasteiger partial charge in [-0.15, -0.1) is 0 Å². The quantitative estimate of drug-likeness (QED) is 0.291. The maximum atomic E-state index is 14.4. The fraction of sp³-hybridized carbons (Fsp3) is 0.276. The third-order valence-electron chi connectivity index (χ3n) is 5.83. The molecule has 35 heavy (non-hydrogen) atoms. The summed E-state index contributed by atoms with van der Waals surface area (Å²) in [6.07, 6.45) is 1.22. The average molecular weight is 492 g/mol. The lowest BCUT2D eigenvalue weighted by molar-refractivity contribution is 0.140. The molecule has 0 aliphatic heterocycles. The summed E-state index contributed by atoms with van der Waals surface area (Å²) in [7, 11) is -2.64. The maximum Gasteiger partial charge on any atom is 0.407 e. The van der Waals surface area contributed by atoms with Gasteiger partial charge in [-0.1, -0.05) is 112 Å². The van der Waals surface area contributed by atoms with E-state index < -0.39 is 20.2 Å². The van der Waals surface area contributed by atoms with E-state index in [4.69, 9.17) is 9.16 Å². The highest BCUT2D eigenvalue weighted by Gasteiger charge is 2.49. The number of ether oxygens (including phenoxy) is 1. The summed E-state index contributed by atoms with van der Waals surface area (Å²) in [5.41, 5.74) is 0.874. The van der Waals surface area contributed by atoms with Gasteiger partial charge in [0.05, 0.1) is 6.54 Å². The fourth-order valence-electron chi connectivity index (χ4n) is 4.19. The molecule has 0 heterocycles. The molecular formula is C29H34FNO3Si. The lowest BCUT2D eigenvalue weighted by Gasteiger charge is -2.43. The van der Waals surface area contributed by atoms with Gasteiger partial charge in [0.1, 0.15) is 12.4 Å². The van der Waals surface area contributed by atoms with Gasteiger partial charge in [0.15, 0.2) is 0 Å². The van der Waals surface area contributed by atoms with Gasteiger partial charge < -0.3 is 14.5 Å². The number of benzene rings is 3. The molecule has 0 aromatic heterocycles. The monoisotopic (exact) mass is 491 g/mol. The van der Waals surface area contributed by atoms with E-state index in [-0.39, 0.29) is 18.2 Å². The third-order valence-corrected chi connectivity index (χ3v) is 10.9. The average Bonchev–Trinajstić information content (AvgIpc) is 2.87. The molecule has 4 nitrogen and oxygen atoms in total. The van der Waals surface area contributed by atoms with Crippen LogP contribution < -0.4 is 15.7 Å². The van der Waals surface area contributed by atoms with E-state index in [2.05, 4.69) is 50.4 Å². The summed E-state index contributed by atoms with van der Waals surface area (Å²) in [5, 5.41) is 4.68. The topological polar surface area (TPSA) is 47.6 Å². The van der Waals surface area contributed by atoms with Crippen molar-refractivity contribution in [2.45, 2.75) is 38.8 Å². The van der Waals surface area contributed by atoms with Gasteiger partial charge in [0.2, 0.25) is 0 Å². The minimum Gasteiger partial charge on any atom is -0.445 e. The van der Waals surface area contributed by atoms with Crippen molar-refractivity contribution in [3.63, 3.8) is 0 Å². The molecule has 1 N–H and O–H groups in total. The van der Waals surface area contributed by atoms with Crippen molar-refractivity contribution in [2.24, 2.45) is 0 Å². The number of halogens is 1. The zero-order chi connectivity index (χ0) is 25.2. The first kappa shape index (κ1) is 26.4. The standard InChI is InChI=1S/C29H34FNO3Si/c1-29(2,3)35(26-17-9-5-10-18-26,27-19-11-6-12-20-27)34-21-13-16-25(30)22-31-28(32)33-23-24-14-7-4-8-15-24/h4-12,14-20H,13,21-23H2,1-3H3,(H,31,32)/b25-16-. The second-order valence-electron chi connectivity index (χ2n) is 9.37. The molecule has 0 bridgehead atoms. The summed E-state index contributed by atoms with van der Waals surface area (Å²) in [6.45, 7) is 6.93. The summed E-state index contributed by atoms with van der Waals surface area (Å²) in [5.74, 6) is -0.423. The van der Waals surface area contributed by atoms with Crippen molar-refractivity contribution in [2.75, 3.05) is 13.2 Å². The van der Waals surface area contributed by atoms with E-state index in [9.17, 15) is 9.18 Å². The first-order valence-electron chi connectivity index (χ1n) is 11.9. The molecule has 0 radical (unpaired) electrons. The van der Waals surface area contributed by atoms with Crippen molar-refractivity contribution in [1.82, 2.24) is 5.32 Å². The van der Waals surface area contributed by atoms with Crippen molar-refractivity contribution in [3.8, 4) is 0 Å². The van der Waals surface area contributed by atoms with Gasteiger partial charge in [-0.25, -0.2) is 9.18 Å². The number of amides is 1. The predicted octanol–water partition coefficient (Wildman–Crippen LogP) is 5.73. The van der Waals surface area contributed by atoms with Crippen LogP contribution in [0.2, 0.25) is 5.04 Å². The van der Waals surface area contributed by atoms with Crippen LogP contribution in [0.1, 0.15) is 32.8 Å². The summed E-state index contributed by atoms with van der Waals surface area (Å²) < 4.78 is 26.2. The molecule has 3 rings (SSSR count). The van der Waals surface area contributed by atoms with Crippen LogP contribution in [0.4, 0.5) is 9.18 Å². The molecule has 0 spiro atoms. The Kier molecular flexibility index (Phi) is 9.40. The van der Waals surface area contributed by atoms with Crippen molar-refractivity contribution in [3.05, 3.63) is 108 Å². The molecule has 3 aromatic carbocycles. The molecular weight excluding hydrogens is 457 g/mol. The van der Waals surface area contributed by atoms with Gasteiger partial charge >= 0.3 is 6.09 Å². The first-order valence-corrected chi connectivity index (χ1v) is 13.8. The molecule has 0 saturated heterocycles. The molecule has 1 amide bonds. The number of carbonyl (C=O) groups excluding carboxylic acids is 1. The van der Waals surface area contributed by atoms with Crippen molar-refractivity contribution < 1.29 is 18.3 Å². The molecule has 184 valence electrons. The molecule has 0 aliphatic rings. The van der Waals surface area contributed by atoms with Crippen LogP contribution in [0, 0.1) is 0 Å².